The van der Waals surface area contributed by atoms with Crippen LogP contribution in [-0.4, -0.2) is 33.5 Å². The molecule has 0 atom stereocenters. The Kier molecular flexibility index (Phi) is 8.15. The molecule has 1 N–H and O–H groups in total. The number of halogens is 2. The number of carbonyl (C=O) groups excluding carboxylic acids is 1. The summed E-state index contributed by atoms with van der Waals surface area (Å²) in [7, 11) is 3.91. The van der Waals surface area contributed by atoms with Gasteiger partial charge in [0.2, 0.25) is 0 Å². The van der Waals surface area contributed by atoms with E-state index in [0.717, 1.165) is 5.69 Å². The fraction of sp³-hybridized carbons (Fsp3) is 0.308. The molecule has 119 valence electrons. The first-order valence-corrected chi connectivity index (χ1v) is 15.2. The third kappa shape index (κ3) is 4.83. The number of rotatable bonds is 2. The number of H-pyrrole nitrogens is 1. The Morgan fingerprint density at radius 2 is 1.82 bits per heavy atom. The molecule has 0 saturated heterocycles. The first-order valence-electron chi connectivity index (χ1n) is 6.23. The summed E-state index contributed by atoms with van der Waals surface area (Å²) in [6.07, 6.45) is 5.07. The summed E-state index contributed by atoms with van der Waals surface area (Å²) >= 11 is 4.74. The molecule has 1 aliphatic rings. The third-order valence-electron chi connectivity index (χ3n) is 3.01. The van der Waals surface area contributed by atoms with Gasteiger partial charge >= 0.3 is 49.4 Å². The summed E-state index contributed by atoms with van der Waals surface area (Å²) in [5, 5.41) is 8.26. The minimum atomic E-state index is -0.138. The Morgan fingerprint density at radius 3 is 2.23 bits per heavy atom. The molecule has 1 amide bonds. The van der Waals surface area contributed by atoms with Crippen LogP contribution < -0.4 is 5.56 Å². The molecule has 1 aromatic rings. The molecule has 0 saturated carbocycles. The molecule has 9 heteroatoms. The second-order valence-electron chi connectivity index (χ2n) is 4.53. The summed E-state index contributed by atoms with van der Waals surface area (Å²) in [4.78, 5) is 23.5. The van der Waals surface area contributed by atoms with Gasteiger partial charge in [0.25, 0.3) is 11.5 Å². The van der Waals surface area contributed by atoms with Gasteiger partial charge in [-0.15, -0.1) is 0 Å². The maximum atomic E-state index is 11.8. The van der Waals surface area contributed by atoms with E-state index in [4.69, 9.17) is 0 Å². The fourth-order valence-electron chi connectivity index (χ4n) is 1.99. The van der Waals surface area contributed by atoms with Crippen molar-refractivity contribution in [3.05, 3.63) is 39.3 Å². The van der Waals surface area contributed by atoms with Crippen LogP contribution >= 0.6 is 40.0 Å². The first-order chi connectivity index (χ1) is 10.3. The van der Waals surface area contributed by atoms with E-state index >= 15 is 0 Å². The van der Waals surface area contributed by atoms with Gasteiger partial charge in [0, 0.05) is 19.8 Å². The Hall–Kier alpha value is -0.326. The van der Waals surface area contributed by atoms with Crippen LogP contribution in [0.4, 0.5) is 0 Å². The average Bonchev–Trinajstić information content (AvgIpc) is 2.82. The van der Waals surface area contributed by atoms with Crippen molar-refractivity contribution in [3.63, 3.8) is 0 Å². The number of nitrogens with zero attached hydrogens (tertiary/aromatic N) is 3. The zero-order valence-corrected chi connectivity index (χ0v) is 18.3. The standard InChI is InChI=1S/C13H16N4O2.2HI.V/c1-8-10(12(18)16(3)14-8)6-5-7-11-9(2)15-17(4)13(11)19;;;/h5-7,14H,1-4H3;2*1H;/q;;;+2/p-2/b6-5+,11-7-;;;. The SMILES string of the molecule is CC1=NN(C)C(=O)/C1=C\C=C\c1c(C)[nH]n(C)c1=O.[I][V][I]. The van der Waals surface area contributed by atoms with Gasteiger partial charge in [0.15, 0.2) is 0 Å². The molecule has 0 radical (unpaired) electrons. The minimum absolute atomic E-state index is 0.0904. The number of carbonyl (C=O) groups is 1. The second-order valence-corrected chi connectivity index (χ2v) is 16.3. The molecule has 22 heavy (non-hydrogen) atoms. The van der Waals surface area contributed by atoms with Gasteiger partial charge in [-0.25, -0.2) is 5.01 Å². The van der Waals surface area contributed by atoms with E-state index < -0.39 is 0 Å². The maximum absolute atomic E-state index is 11.8. The monoisotopic (exact) mass is 565 g/mol. The molecule has 2 heterocycles. The van der Waals surface area contributed by atoms with Gasteiger partial charge < -0.3 is 0 Å². The molecule has 6 nitrogen and oxygen atoms in total. The van der Waals surface area contributed by atoms with Gasteiger partial charge in [0.05, 0.1) is 16.8 Å². The Bertz CT molecular complexity index is 703. The quantitative estimate of drug-likeness (QED) is 0.443. The topological polar surface area (TPSA) is 70.5 Å². The van der Waals surface area contributed by atoms with Gasteiger partial charge in [0.1, 0.15) is 0 Å². The second kappa shape index (κ2) is 9.09. The fourth-order valence-corrected chi connectivity index (χ4v) is 1.99. The van der Waals surface area contributed by atoms with Crippen LogP contribution in [0, 0.1) is 6.92 Å². The van der Waals surface area contributed by atoms with E-state index in [0.29, 0.717) is 26.3 Å². The van der Waals surface area contributed by atoms with E-state index in [1.807, 2.05) is 6.92 Å². The van der Waals surface area contributed by atoms with E-state index in [2.05, 4.69) is 50.2 Å². The van der Waals surface area contributed by atoms with Crippen LogP contribution in [0.5, 0.6) is 0 Å². The summed E-state index contributed by atoms with van der Waals surface area (Å²) < 4.78 is 1.42. The molecule has 0 bridgehead atoms. The van der Waals surface area contributed by atoms with Crippen molar-refractivity contribution >= 4 is 57.7 Å². The number of hydrazone groups is 1. The van der Waals surface area contributed by atoms with Gasteiger partial charge in [-0.05, 0) is 26.0 Å². The van der Waals surface area contributed by atoms with Crippen molar-refractivity contribution in [3.8, 4) is 0 Å². The van der Waals surface area contributed by atoms with E-state index in [1.165, 1.54) is 9.69 Å². The van der Waals surface area contributed by atoms with Crippen molar-refractivity contribution in [1.29, 1.82) is 0 Å². The van der Waals surface area contributed by atoms with E-state index in [-0.39, 0.29) is 11.5 Å². The van der Waals surface area contributed by atoms with Gasteiger partial charge in [-0.1, -0.05) is 6.08 Å². The molecule has 1 aliphatic heterocycles. The Morgan fingerprint density at radius 1 is 1.23 bits per heavy atom. The number of hydrogen-bond acceptors (Lipinski definition) is 3. The predicted molar refractivity (Wildman–Crippen MR) is 102 cm³/mol. The number of nitrogens with one attached hydrogen (secondary N) is 1. The first kappa shape index (κ1) is 19.7. The Balaban J connectivity index is 0.000000745. The van der Waals surface area contributed by atoms with Crippen LogP contribution in [0.1, 0.15) is 18.2 Å². The number of allylic oxidation sites excluding steroid dienone is 2. The summed E-state index contributed by atoms with van der Waals surface area (Å²) in [5.74, 6) is -0.138. The van der Waals surface area contributed by atoms with Crippen molar-refractivity contribution in [1.82, 2.24) is 14.8 Å². The predicted octanol–water partition coefficient (Wildman–Crippen LogP) is 2.58. The zero-order chi connectivity index (χ0) is 16.9. The normalized spacial score (nSPS) is 16.1. The van der Waals surface area contributed by atoms with Crippen molar-refractivity contribution < 1.29 is 14.3 Å². The van der Waals surface area contributed by atoms with Gasteiger partial charge in [-0.3, -0.25) is 19.4 Å². The van der Waals surface area contributed by atoms with E-state index in [9.17, 15) is 9.59 Å². The molecule has 1 aromatic heterocycles. The molecule has 2 rings (SSSR count). The Labute approximate surface area is 157 Å². The number of aromatic nitrogens is 2. The molecule has 0 fully saturated rings. The molecule has 0 aliphatic carbocycles. The van der Waals surface area contributed by atoms with Crippen LogP contribution in [0.15, 0.2) is 27.6 Å². The number of aryl methyl sites for hydroxylation is 2. The van der Waals surface area contributed by atoms with Crippen LogP contribution in [0.25, 0.3) is 6.08 Å². The van der Waals surface area contributed by atoms with Crippen LogP contribution in [-0.2, 0) is 21.3 Å². The van der Waals surface area contributed by atoms with Crippen molar-refractivity contribution in [2.75, 3.05) is 7.05 Å². The third-order valence-corrected chi connectivity index (χ3v) is 3.01. The van der Waals surface area contributed by atoms with Crippen LogP contribution in [0.3, 0.4) is 0 Å². The molecule has 0 spiro atoms. The van der Waals surface area contributed by atoms with Crippen LogP contribution in [0.2, 0.25) is 0 Å². The molecular formula is C13H16I2N4O2V. The van der Waals surface area contributed by atoms with Crippen molar-refractivity contribution in [2.24, 2.45) is 12.1 Å². The average molecular weight is 565 g/mol. The van der Waals surface area contributed by atoms with Gasteiger partial charge in [-0.2, -0.15) is 5.10 Å². The molecule has 0 aromatic carbocycles. The number of likely N-dealkylation sites (N-methyl/N-ethyl adjacent to an activating group) is 1. The van der Waals surface area contributed by atoms with E-state index in [1.54, 1.807) is 39.2 Å². The number of hydrogen-bond donors (Lipinski definition) is 1. The number of amides is 1. The summed E-state index contributed by atoms with van der Waals surface area (Å²) in [6.45, 7) is 3.61. The molecular weight excluding hydrogens is 549 g/mol. The summed E-state index contributed by atoms with van der Waals surface area (Å²) in [6, 6.07) is 0. The van der Waals surface area contributed by atoms with Crippen molar-refractivity contribution in [2.45, 2.75) is 13.8 Å². The summed E-state index contributed by atoms with van der Waals surface area (Å²) in [5.41, 5.74) is 2.52. The zero-order valence-electron chi connectivity index (χ0n) is 12.6. The number of aromatic amines is 1. The molecule has 0 unspecified atom stereocenters.